The number of nitrogens with zero attached hydrogens (tertiary/aromatic N) is 1. The van der Waals surface area contributed by atoms with E-state index in [1.165, 1.54) is 5.56 Å². The van der Waals surface area contributed by atoms with E-state index in [2.05, 4.69) is 13.0 Å². The topological polar surface area (TPSA) is 135 Å². The molecule has 2 saturated heterocycles. The highest BCUT2D eigenvalue weighted by atomic mass is 16.7. The lowest BCUT2D eigenvalue weighted by molar-refractivity contribution is -0.287. The van der Waals surface area contributed by atoms with Crippen molar-refractivity contribution < 1.29 is 47.7 Å². The molecule has 7 atom stereocenters. The first kappa shape index (κ1) is 40.3. The number of hydrogen-bond donors (Lipinski definition) is 0. The highest BCUT2D eigenvalue weighted by Crippen LogP contribution is 2.48. The molecule has 4 rings (SSSR count). The zero-order chi connectivity index (χ0) is 38.6. The van der Waals surface area contributed by atoms with Gasteiger partial charge in [0.25, 0.3) is 0 Å². The third-order valence-electron chi connectivity index (χ3n) is 9.72. The largest absolute Gasteiger partial charge is 0.462 e. The van der Waals surface area contributed by atoms with Gasteiger partial charge in [0.2, 0.25) is 5.91 Å². The molecule has 1 aromatic rings. The SMILES string of the molecule is Cc1ccc(C)c2c1CC1CC(=O)N([C@@H]3O[C@H](COC(=O)C(C)(C)C)[C@H](OC(=O)C(C)(C)C)[C@H](OC(=O)C(C)(C)C)[C@H]3OC(=O)C(C)(C)C)C2C1. The summed E-state index contributed by atoms with van der Waals surface area (Å²) in [7, 11) is 0. The van der Waals surface area contributed by atoms with E-state index >= 15 is 0 Å². The number of rotatable bonds is 6. The highest BCUT2D eigenvalue weighted by Gasteiger charge is 2.59. The summed E-state index contributed by atoms with van der Waals surface area (Å²) >= 11 is 0. The molecular formula is C40H59NO10. The molecule has 1 aromatic carbocycles. The molecule has 284 valence electrons. The molecule has 2 bridgehead atoms. The predicted molar refractivity (Wildman–Crippen MR) is 189 cm³/mol. The Balaban J connectivity index is 1.95. The molecule has 2 fully saturated rings. The fraction of sp³-hybridized carbons (Fsp3) is 0.725. The highest BCUT2D eigenvalue weighted by molar-refractivity contribution is 5.80. The Hall–Kier alpha value is -3.47. The first-order chi connectivity index (χ1) is 23.2. The van der Waals surface area contributed by atoms with Crippen LogP contribution in [0.25, 0.3) is 0 Å². The number of fused-ring (bicyclic) bond motifs is 4. The van der Waals surface area contributed by atoms with E-state index in [1.54, 1.807) is 88.0 Å². The van der Waals surface area contributed by atoms with Crippen molar-refractivity contribution in [3.05, 3.63) is 34.4 Å². The van der Waals surface area contributed by atoms with Gasteiger partial charge in [0.15, 0.2) is 24.5 Å². The van der Waals surface area contributed by atoms with Gasteiger partial charge in [-0.3, -0.25) is 24.0 Å². The molecule has 3 aliphatic rings. The van der Waals surface area contributed by atoms with Gasteiger partial charge in [0.1, 0.15) is 12.7 Å². The normalized spacial score (nSPS) is 26.9. The van der Waals surface area contributed by atoms with Crippen LogP contribution < -0.4 is 0 Å². The maximum absolute atomic E-state index is 14.4. The molecule has 0 N–H and O–H groups in total. The molecule has 51 heavy (non-hydrogen) atoms. The van der Waals surface area contributed by atoms with E-state index in [4.69, 9.17) is 23.7 Å². The zero-order valence-corrected chi connectivity index (χ0v) is 33.1. The lowest BCUT2D eigenvalue weighted by atomic mass is 9.72. The Labute approximate surface area is 303 Å². The van der Waals surface area contributed by atoms with Crippen LogP contribution in [-0.4, -0.2) is 71.9 Å². The first-order valence-corrected chi connectivity index (χ1v) is 18.1. The van der Waals surface area contributed by atoms with Gasteiger partial charge in [-0.25, -0.2) is 0 Å². The van der Waals surface area contributed by atoms with E-state index in [9.17, 15) is 24.0 Å². The van der Waals surface area contributed by atoms with Crippen molar-refractivity contribution in [1.82, 2.24) is 4.90 Å². The van der Waals surface area contributed by atoms with Crippen molar-refractivity contribution in [2.24, 2.45) is 27.6 Å². The summed E-state index contributed by atoms with van der Waals surface area (Å²) in [5.41, 5.74) is 0.470. The van der Waals surface area contributed by atoms with E-state index in [0.29, 0.717) is 6.42 Å². The summed E-state index contributed by atoms with van der Waals surface area (Å²) in [5.74, 6) is -2.55. The van der Waals surface area contributed by atoms with E-state index in [0.717, 1.165) is 23.1 Å². The second kappa shape index (κ2) is 14.2. The third kappa shape index (κ3) is 8.78. The van der Waals surface area contributed by atoms with Crippen molar-refractivity contribution in [2.45, 2.75) is 153 Å². The Morgan fingerprint density at radius 3 is 1.67 bits per heavy atom. The predicted octanol–water partition coefficient (Wildman–Crippen LogP) is 6.33. The Morgan fingerprint density at radius 1 is 0.686 bits per heavy atom. The van der Waals surface area contributed by atoms with Gasteiger partial charge in [0.05, 0.1) is 27.7 Å². The van der Waals surface area contributed by atoms with Gasteiger partial charge in [-0.1, -0.05) is 12.1 Å². The number of aryl methyl sites for hydroxylation is 2. The second-order valence-electron chi connectivity index (χ2n) is 18.7. The molecule has 0 radical (unpaired) electrons. The standard InChI is InChI=1S/C40H59NO10/c1-21-15-16-22(2)28-24(21)17-23-18-25(28)41(27(42)19-23)32-31(51-36(46)40(12,13)14)30(50-35(45)39(9,10)11)29(49-34(44)38(6,7)8)26(48-32)20-47-33(43)37(3,4)5/h15-16,23,25-26,29-32H,17-20H2,1-14H3/t23?,25?,26-,29+,30+,31-,32-/m1/s1. The molecule has 2 aliphatic heterocycles. The average molecular weight is 714 g/mol. The number of ether oxygens (including phenoxy) is 5. The molecule has 1 aliphatic carbocycles. The van der Waals surface area contributed by atoms with E-state index < -0.39 is 82.2 Å². The van der Waals surface area contributed by atoms with Crippen LogP contribution in [0.1, 0.15) is 124 Å². The molecule has 1 amide bonds. The van der Waals surface area contributed by atoms with Gasteiger partial charge >= 0.3 is 23.9 Å². The number of hydrogen-bond acceptors (Lipinski definition) is 10. The van der Waals surface area contributed by atoms with Crippen LogP contribution in [0, 0.1) is 41.4 Å². The zero-order valence-electron chi connectivity index (χ0n) is 33.1. The van der Waals surface area contributed by atoms with Crippen LogP contribution in [-0.2, 0) is 54.1 Å². The summed E-state index contributed by atoms with van der Waals surface area (Å²) in [4.78, 5) is 70.2. The van der Waals surface area contributed by atoms with Crippen molar-refractivity contribution in [1.29, 1.82) is 0 Å². The number of amides is 1. The monoisotopic (exact) mass is 713 g/mol. The van der Waals surface area contributed by atoms with Crippen molar-refractivity contribution >= 4 is 29.8 Å². The Morgan fingerprint density at radius 2 is 1.16 bits per heavy atom. The minimum atomic E-state index is -1.43. The van der Waals surface area contributed by atoms with Crippen LogP contribution in [0.15, 0.2) is 12.1 Å². The lowest BCUT2D eigenvalue weighted by Crippen LogP contribution is -2.68. The fourth-order valence-corrected chi connectivity index (χ4v) is 6.62. The number of carbonyl (C=O) groups excluding carboxylic acids is 5. The quantitative estimate of drug-likeness (QED) is 0.243. The van der Waals surface area contributed by atoms with Gasteiger partial charge in [0, 0.05) is 6.42 Å². The van der Waals surface area contributed by atoms with Crippen LogP contribution in [0.3, 0.4) is 0 Å². The van der Waals surface area contributed by atoms with Crippen LogP contribution >= 0.6 is 0 Å². The van der Waals surface area contributed by atoms with E-state index in [-0.39, 0.29) is 24.9 Å². The number of likely N-dealkylation sites (tertiary alicyclic amines) is 1. The molecule has 2 unspecified atom stereocenters. The third-order valence-corrected chi connectivity index (χ3v) is 9.72. The molecule has 0 saturated carbocycles. The summed E-state index contributed by atoms with van der Waals surface area (Å²) < 4.78 is 31.1. The lowest BCUT2D eigenvalue weighted by Gasteiger charge is -2.53. The molecule has 11 heteroatoms. The number of benzene rings is 1. The second-order valence-corrected chi connectivity index (χ2v) is 18.7. The van der Waals surface area contributed by atoms with Gasteiger partial charge in [-0.05, 0) is 138 Å². The molecule has 0 spiro atoms. The Kier molecular flexibility index (Phi) is 11.2. The minimum absolute atomic E-state index is 0.101. The molecule has 11 nitrogen and oxygen atoms in total. The summed E-state index contributed by atoms with van der Waals surface area (Å²) in [6, 6.07) is 3.68. The Bertz CT molecular complexity index is 1540. The van der Waals surface area contributed by atoms with Crippen LogP contribution in [0.5, 0.6) is 0 Å². The maximum Gasteiger partial charge on any atom is 0.311 e. The number of piperidine rings is 1. The summed E-state index contributed by atoms with van der Waals surface area (Å²) in [6.07, 6.45) is -5.05. The van der Waals surface area contributed by atoms with E-state index in [1.807, 2.05) is 13.0 Å². The van der Waals surface area contributed by atoms with Crippen LogP contribution in [0.4, 0.5) is 0 Å². The summed E-state index contributed by atoms with van der Waals surface area (Å²) in [5, 5.41) is 0. The van der Waals surface area contributed by atoms with Gasteiger partial charge in [-0.15, -0.1) is 0 Å². The smallest absolute Gasteiger partial charge is 0.311 e. The van der Waals surface area contributed by atoms with Crippen LogP contribution in [0.2, 0.25) is 0 Å². The molecule has 2 heterocycles. The van der Waals surface area contributed by atoms with Gasteiger partial charge in [-0.2, -0.15) is 0 Å². The first-order valence-electron chi connectivity index (χ1n) is 18.1. The fourth-order valence-electron chi connectivity index (χ4n) is 6.62. The number of carbonyl (C=O) groups is 5. The average Bonchev–Trinajstić information content (AvgIpc) is 2.97. The van der Waals surface area contributed by atoms with Gasteiger partial charge < -0.3 is 28.6 Å². The van der Waals surface area contributed by atoms with Crippen molar-refractivity contribution in [2.75, 3.05) is 6.61 Å². The maximum atomic E-state index is 14.4. The summed E-state index contributed by atoms with van der Waals surface area (Å²) in [6.45, 7) is 24.0. The molecule has 0 aromatic heterocycles. The minimum Gasteiger partial charge on any atom is -0.462 e. The van der Waals surface area contributed by atoms with Crippen molar-refractivity contribution in [3.8, 4) is 0 Å². The number of esters is 4. The van der Waals surface area contributed by atoms with Crippen molar-refractivity contribution in [3.63, 3.8) is 0 Å². The molecular weight excluding hydrogens is 654 g/mol.